The summed E-state index contributed by atoms with van der Waals surface area (Å²) in [4.78, 5) is 16.8. The summed E-state index contributed by atoms with van der Waals surface area (Å²) in [5, 5.41) is 4.67. The number of aromatic nitrogens is 5. The molecule has 0 saturated carbocycles. The van der Waals surface area contributed by atoms with Crippen LogP contribution in [0.2, 0.25) is 0 Å². The summed E-state index contributed by atoms with van der Waals surface area (Å²) in [5.41, 5.74) is 11.5. The summed E-state index contributed by atoms with van der Waals surface area (Å²) in [6, 6.07) is 75.5. The largest absolute Gasteiger partial charge is 0.439 e. The second-order valence-corrected chi connectivity index (χ2v) is 15.7. The number of hydrogen-bond donors (Lipinski definition) is 0. The molecule has 0 N–H and O–H groups in total. The van der Waals surface area contributed by atoms with Crippen molar-refractivity contribution in [1.29, 1.82) is 0 Å². The topological polar surface area (TPSA) is 61.0 Å². The van der Waals surface area contributed by atoms with Crippen molar-refractivity contribution in [2.45, 2.75) is 0 Å². The van der Waals surface area contributed by atoms with E-state index in [1.165, 1.54) is 10.8 Å². The fraction of sp³-hybridized carbons (Fsp3) is 0. The van der Waals surface area contributed by atoms with Crippen molar-refractivity contribution in [3.05, 3.63) is 231 Å². The molecule has 0 radical (unpaired) electrons. The Morgan fingerprint density at radius 2 is 1.02 bits per heavy atom. The third kappa shape index (κ3) is 6.42. The van der Waals surface area contributed by atoms with Crippen molar-refractivity contribution in [3.63, 3.8) is 0 Å². The molecule has 0 aliphatic rings. The molecule has 0 aliphatic heterocycles. The fourth-order valence-electron chi connectivity index (χ4n) is 9.05. The molecule has 7 nitrogen and oxygen atoms in total. The Labute approximate surface area is 369 Å². The fourth-order valence-corrected chi connectivity index (χ4v) is 9.05. The SMILES string of the molecule is c1ccc(-c2nc(Oc3cccc(-n4c5ccc(-c6cccnc6)cc5c5ccc6c7ccccc7n(-c7ccccc7)c6c54)c3)cc(N(c3ccccc3)c3ccccc3)n2)cc1. The number of hydrogen-bond acceptors (Lipinski definition) is 5. The highest BCUT2D eigenvalue weighted by molar-refractivity contribution is 6.24. The quantitative estimate of drug-likeness (QED) is 0.145. The van der Waals surface area contributed by atoms with E-state index >= 15 is 0 Å². The second kappa shape index (κ2) is 15.6. The molecule has 0 fully saturated rings. The molecule has 8 aromatic carbocycles. The normalized spacial score (nSPS) is 11.4. The van der Waals surface area contributed by atoms with Crippen molar-refractivity contribution in [3.8, 4) is 45.5 Å². The highest BCUT2D eigenvalue weighted by Gasteiger charge is 2.23. The van der Waals surface area contributed by atoms with Gasteiger partial charge in [-0.25, -0.2) is 4.98 Å². The molecule has 302 valence electrons. The number of benzene rings is 8. The number of anilines is 3. The summed E-state index contributed by atoms with van der Waals surface area (Å²) in [7, 11) is 0. The van der Waals surface area contributed by atoms with Gasteiger partial charge >= 0.3 is 0 Å². The van der Waals surface area contributed by atoms with Crippen LogP contribution in [0.5, 0.6) is 11.6 Å². The van der Waals surface area contributed by atoms with Gasteiger partial charge in [0.15, 0.2) is 5.82 Å². The molecular formula is C57H38N6O. The van der Waals surface area contributed by atoms with E-state index in [2.05, 4.69) is 152 Å². The first kappa shape index (κ1) is 37.0. The Hall–Kier alpha value is -8.81. The Bertz CT molecular complexity index is 3590. The van der Waals surface area contributed by atoms with Gasteiger partial charge in [-0.15, -0.1) is 0 Å². The number of para-hydroxylation sites is 4. The number of fused-ring (bicyclic) bond motifs is 7. The lowest BCUT2D eigenvalue weighted by Crippen LogP contribution is -2.12. The molecular weight excluding hydrogens is 785 g/mol. The molecule has 0 amide bonds. The van der Waals surface area contributed by atoms with Gasteiger partial charge in [-0.1, -0.05) is 133 Å². The first-order valence-electron chi connectivity index (χ1n) is 21.3. The van der Waals surface area contributed by atoms with Gasteiger partial charge in [0.1, 0.15) is 11.6 Å². The minimum Gasteiger partial charge on any atom is -0.439 e. The van der Waals surface area contributed by atoms with E-state index in [4.69, 9.17) is 14.7 Å². The Morgan fingerprint density at radius 1 is 0.406 bits per heavy atom. The van der Waals surface area contributed by atoms with E-state index in [1.807, 2.05) is 97.3 Å². The molecule has 0 unspecified atom stereocenters. The number of rotatable bonds is 9. The summed E-state index contributed by atoms with van der Waals surface area (Å²) in [6.07, 6.45) is 3.74. The molecule has 0 saturated heterocycles. The van der Waals surface area contributed by atoms with Gasteiger partial charge in [-0.2, -0.15) is 4.98 Å². The van der Waals surface area contributed by atoms with Crippen molar-refractivity contribution >= 4 is 60.8 Å². The van der Waals surface area contributed by atoms with Gasteiger partial charge in [0.05, 0.1) is 22.1 Å². The first-order chi connectivity index (χ1) is 31.7. The van der Waals surface area contributed by atoms with Crippen molar-refractivity contribution in [1.82, 2.24) is 24.1 Å². The standard InChI is InChI=1S/C57H38N6O/c1-5-17-39(18-6-1)57-59-53(61(42-20-7-2-8-21-42)43-22-9-3-10-23-43)37-54(60-57)64-46-27-15-26-45(36-46)63-52-33-30-40(41-19-16-34-58-38-41)35-50(52)49-32-31-48-47-28-13-14-29-51(47)62(55(48)56(49)63)44-24-11-4-12-25-44/h1-38H. The first-order valence-corrected chi connectivity index (χ1v) is 21.3. The van der Waals surface area contributed by atoms with Crippen molar-refractivity contribution in [2.75, 3.05) is 4.90 Å². The molecule has 64 heavy (non-hydrogen) atoms. The van der Waals surface area contributed by atoms with Gasteiger partial charge in [-0.05, 0) is 78.4 Å². The Balaban J connectivity index is 1.07. The lowest BCUT2D eigenvalue weighted by molar-refractivity contribution is 0.462. The van der Waals surface area contributed by atoms with Gasteiger partial charge in [-0.3, -0.25) is 9.88 Å². The molecule has 7 heteroatoms. The van der Waals surface area contributed by atoms with E-state index in [1.54, 1.807) is 0 Å². The maximum absolute atomic E-state index is 6.87. The van der Waals surface area contributed by atoms with Gasteiger partial charge in [0.2, 0.25) is 5.88 Å². The van der Waals surface area contributed by atoms with Crippen LogP contribution in [0, 0.1) is 0 Å². The predicted molar refractivity (Wildman–Crippen MR) is 261 cm³/mol. The van der Waals surface area contributed by atoms with Crippen LogP contribution < -0.4 is 9.64 Å². The zero-order chi connectivity index (χ0) is 42.4. The molecule has 4 heterocycles. The molecule has 12 rings (SSSR count). The molecule has 0 bridgehead atoms. The minimum atomic E-state index is 0.424. The summed E-state index contributed by atoms with van der Waals surface area (Å²) in [5.74, 6) is 2.31. The van der Waals surface area contributed by atoms with Gasteiger partial charge in [0.25, 0.3) is 0 Å². The third-order valence-electron chi connectivity index (χ3n) is 11.8. The summed E-state index contributed by atoms with van der Waals surface area (Å²) < 4.78 is 11.7. The van der Waals surface area contributed by atoms with Crippen LogP contribution in [-0.2, 0) is 0 Å². The highest BCUT2D eigenvalue weighted by Crippen LogP contribution is 2.43. The van der Waals surface area contributed by atoms with Crippen molar-refractivity contribution < 1.29 is 4.74 Å². The Kier molecular flexibility index (Phi) is 9.01. The summed E-state index contributed by atoms with van der Waals surface area (Å²) >= 11 is 0. The Morgan fingerprint density at radius 3 is 1.73 bits per heavy atom. The van der Waals surface area contributed by atoms with E-state index in [-0.39, 0.29) is 0 Å². The molecule has 0 spiro atoms. The third-order valence-corrected chi connectivity index (χ3v) is 11.8. The number of pyridine rings is 1. The lowest BCUT2D eigenvalue weighted by atomic mass is 10.0. The van der Waals surface area contributed by atoms with E-state index in [0.717, 1.165) is 72.3 Å². The van der Waals surface area contributed by atoms with Crippen LogP contribution in [0.3, 0.4) is 0 Å². The van der Waals surface area contributed by atoms with Crippen LogP contribution in [0.1, 0.15) is 0 Å². The zero-order valence-corrected chi connectivity index (χ0v) is 34.5. The smallest absolute Gasteiger partial charge is 0.224 e. The van der Waals surface area contributed by atoms with Crippen LogP contribution in [0.25, 0.3) is 77.5 Å². The van der Waals surface area contributed by atoms with Crippen LogP contribution in [0.4, 0.5) is 17.2 Å². The number of ether oxygens (including phenoxy) is 1. The average molecular weight is 823 g/mol. The van der Waals surface area contributed by atoms with Gasteiger partial charge < -0.3 is 13.9 Å². The zero-order valence-electron chi connectivity index (χ0n) is 34.5. The van der Waals surface area contributed by atoms with Crippen LogP contribution in [-0.4, -0.2) is 24.1 Å². The predicted octanol–water partition coefficient (Wildman–Crippen LogP) is 14.7. The lowest BCUT2D eigenvalue weighted by Gasteiger charge is -2.25. The second-order valence-electron chi connectivity index (χ2n) is 15.7. The molecule has 0 aliphatic carbocycles. The monoisotopic (exact) mass is 822 g/mol. The van der Waals surface area contributed by atoms with E-state index < -0.39 is 0 Å². The van der Waals surface area contributed by atoms with E-state index in [0.29, 0.717) is 23.3 Å². The number of nitrogens with zero attached hydrogens (tertiary/aromatic N) is 6. The summed E-state index contributed by atoms with van der Waals surface area (Å²) in [6.45, 7) is 0. The van der Waals surface area contributed by atoms with Crippen molar-refractivity contribution in [2.24, 2.45) is 0 Å². The van der Waals surface area contributed by atoms with Gasteiger partial charge in [0, 0.05) is 79.9 Å². The van der Waals surface area contributed by atoms with Crippen LogP contribution in [0.15, 0.2) is 231 Å². The minimum absolute atomic E-state index is 0.424. The van der Waals surface area contributed by atoms with Crippen LogP contribution >= 0.6 is 0 Å². The molecule has 0 atom stereocenters. The molecule has 4 aromatic heterocycles. The molecule has 12 aromatic rings. The maximum Gasteiger partial charge on any atom is 0.224 e. The average Bonchev–Trinajstić information content (AvgIpc) is 3.88. The maximum atomic E-state index is 6.87. The highest BCUT2D eigenvalue weighted by atomic mass is 16.5. The van der Waals surface area contributed by atoms with E-state index in [9.17, 15) is 0 Å².